The van der Waals surface area contributed by atoms with Crippen molar-refractivity contribution in [2.24, 2.45) is 0 Å². The fourth-order valence-corrected chi connectivity index (χ4v) is 3.92. The fraction of sp³-hybridized carbons (Fsp3) is 0.333. The summed E-state index contributed by atoms with van der Waals surface area (Å²) in [4.78, 5) is 0. The normalized spacial score (nSPS) is 13.4. The van der Waals surface area contributed by atoms with Gasteiger partial charge in [-0.3, -0.25) is 0 Å². The summed E-state index contributed by atoms with van der Waals surface area (Å²) in [5.74, 6) is 1.56. The molecule has 2 atom stereocenters. The Hall–Kier alpha value is -2.86. The lowest BCUT2D eigenvalue weighted by atomic mass is 9.80. The van der Waals surface area contributed by atoms with Crippen molar-refractivity contribution in [3.63, 3.8) is 0 Å². The summed E-state index contributed by atoms with van der Waals surface area (Å²) in [6, 6.07) is 25.8. The van der Waals surface area contributed by atoms with Gasteiger partial charge in [-0.15, -0.1) is 0 Å². The molecule has 5 nitrogen and oxygen atoms in total. The van der Waals surface area contributed by atoms with Crippen molar-refractivity contribution in [1.29, 1.82) is 0 Å². The van der Waals surface area contributed by atoms with Crippen LogP contribution in [0.4, 0.5) is 0 Å². The van der Waals surface area contributed by atoms with Crippen LogP contribution in [-0.2, 0) is 10.3 Å². The van der Waals surface area contributed by atoms with Crippen molar-refractivity contribution in [2.45, 2.75) is 31.6 Å². The van der Waals surface area contributed by atoms with Gasteiger partial charge < -0.3 is 24.6 Å². The number of hydrogen-bond acceptors (Lipinski definition) is 5. The van der Waals surface area contributed by atoms with Crippen molar-refractivity contribution in [3.05, 3.63) is 95.6 Å². The van der Waals surface area contributed by atoms with Gasteiger partial charge in [-0.25, -0.2) is 0 Å². The van der Waals surface area contributed by atoms with Gasteiger partial charge in [-0.2, -0.15) is 0 Å². The van der Waals surface area contributed by atoms with Crippen LogP contribution < -0.4 is 14.8 Å². The lowest BCUT2D eigenvalue weighted by Crippen LogP contribution is -2.45. The summed E-state index contributed by atoms with van der Waals surface area (Å²) in [5.41, 5.74) is 2.05. The maximum absolute atomic E-state index is 10.3. The quantitative estimate of drug-likeness (QED) is 0.438. The summed E-state index contributed by atoms with van der Waals surface area (Å²) in [6.45, 7) is 4.86. The fourth-order valence-electron chi connectivity index (χ4n) is 3.92. The van der Waals surface area contributed by atoms with Gasteiger partial charge in [0.25, 0.3) is 0 Å². The van der Waals surface area contributed by atoms with Crippen molar-refractivity contribution in [1.82, 2.24) is 5.32 Å². The first kappa shape index (κ1) is 23.8. The smallest absolute Gasteiger partial charge is 0.143 e. The maximum atomic E-state index is 10.3. The molecule has 0 aliphatic rings. The highest BCUT2D eigenvalue weighted by Crippen LogP contribution is 2.41. The van der Waals surface area contributed by atoms with E-state index < -0.39 is 11.7 Å². The number of benzene rings is 3. The number of methoxy groups -OCH3 is 2. The van der Waals surface area contributed by atoms with Crippen molar-refractivity contribution in [2.75, 3.05) is 27.4 Å². The lowest BCUT2D eigenvalue weighted by Gasteiger charge is -2.37. The Morgan fingerprint density at radius 3 is 1.66 bits per heavy atom. The highest BCUT2D eigenvalue weighted by atomic mass is 16.5. The second kappa shape index (κ2) is 11.1. The van der Waals surface area contributed by atoms with E-state index in [9.17, 15) is 5.11 Å². The highest BCUT2D eigenvalue weighted by molar-refractivity contribution is 5.49. The Bertz CT molecular complexity index is 892. The van der Waals surface area contributed by atoms with E-state index in [1.165, 1.54) is 0 Å². The van der Waals surface area contributed by atoms with Crippen LogP contribution in [0.1, 0.15) is 30.5 Å². The Kier molecular flexibility index (Phi) is 8.28. The average Bonchev–Trinajstić information content (AvgIpc) is 2.85. The number of nitrogens with one attached hydrogen (secondary N) is 1. The molecule has 32 heavy (non-hydrogen) atoms. The van der Waals surface area contributed by atoms with Crippen LogP contribution in [0.5, 0.6) is 11.5 Å². The number of likely N-dealkylation sites (N-methyl/N-ethyl adjacent to an activating group) is 1. The predicted molar refractivity (Wildman–Crippen MR) is 127 cm³/mol. The molecular formula is C27H33NO4. The van der Waals surface area contributed by atoms with Gasteiger partial charge in [0.05, 0.1) is 33.0 Å². The van der Waals surface area contributed by atoms with Crippen molar-refractivity contribution in [3.8, 4) is 11.5 Å². The first-order chi connectivity index (χ1) is 15.5. The molecule has 0 aromatic heterocycles. The summed E-state index contributed by atoms with van der Waals surface area (Å²) < 4.78 is 17.6. The minimum Gasteiger partial charge on any atom is -0.497 e. The zero-order valence-corrected chi connectivity index (χ0v) is 19.2. The summed E-state index contributed by atoms with van der Waals surface area (Å²) in [6.07, 6.45) is -0.560. The predicted octanol–water partition coefficient (Wildman–Crippen LogP) is 4.37. The van der Waals surface area contributed by atoms with E-state index >= 15 is 0 Å². The van der Waals surface area contributed by atoms with Gasteiger partial charge in [-0.05, 0) is 54.4 Å². The summed E-state index contributed by atoms with van der Waals surface area (Å²) in [7, 11) is 3.31. The van der Waals surface area contributed by atoms with E-state index in [1.54, 1.807) is 21.1 Å². The first-order valence-corrected chi connectivity index (χ1v) is 10.9. The van der Waals surface area contributed by atoms with Crippen LogP contribution in [0.25, 0.3) is 0 Å². The number of aliphatic hydroxyl groups is 1. The maximum Gasteiger partial charge on any atom is 0.143 e. The minimum absolute atomic E-state index is 0.209. The van der Waals surface area contributed by atoms with E-state index in [4.69, 9.17) is 14.2 Å². The Morgan fingerprint density at radius 1 is 0.781 bits per heavy atom. The summed E-state index contributed by atoms with van der Waals surface area (Å²) >= 11 is 0. The highest BCUT2D eigenvalue weighted by Gasteiger charge is 2.38. The lowest BCUT2D eigenvalue weighted by molar-refractivity contribution is -0.0203. The van der Waals surface area contributed by atoms with Gasteiger partial charge in [0.15, 0.2) is 0 Å². The van der Waals surface area contributed by atoms with Crippen molar-refractivity contribution < 1.29 is 19.3 Å². The van der Waals surface area contributed by atoms with Crippen LogP contribution in [0.2, 0.25) is 0 Å². The molecule has 0 aliphatic heterocycles. The molecule has 0 heterocycles. The van der Waals surface area contributed by atoms with E-state index in [0.29, 0.717) is 6.61 Å². The minimum atomic E-state index is -0.887. The molecular weight excluding hydrogens is 402 g/mol. The number of aliphatic hydroxyl groups excluding tert-OH is 1. The number of ether oxygens (including phenoxy) is 3. The van der Waals surface area contributed by atoms with Gasteiger partial charge >= 0.3 is 0 Å². The van der Waals surface area contributed by atoms with E-state index in [1.807, 2.05) is 73.7 Å². The monoisotopic (exact) mass is 435 g/mol. The molecule has 0 spiro atoms. The molecule has 3 rings (SSSR count). The third-order valence-electron chi connectivity index (χ3n) is 5.70. The molecule has 5 heteroatoms. The van der Waals surface area contributed by atoms with Gasteiger partial charge in [0.2, 0.25) is 0 Å². The first-order valence-electron chi connectivity index (χ1n) is 10.9. The molecule has 170 valence electrons. The molecule has 0 saturated carbocycles. The number of rotatable bonds is 11. The van der Waals surface area contributed by atoms with Crippen LogP contribution in [0, 0.1) is 0 Å². The standard InChI is InChI=1S/C27H33NO4/c1-5-28-26(20(2)29)19-32-27(21-9-7-6-8-10-21,22-11-15-24(30-3)16-12-22)23-13-17-25(31-4)18-14-23/h6-18,20,26,28-29H,5,19H2,1-4H3. The van der Waals surface area contributed by atoms with Crippen LogP contribution >= 0.6 is 0 Å². The molecule has 0 radical (unpaired) electrons. The van der Waals surface area contributed by atoms with E-state index in [-0.39, 0.29) is 6.04 Å². The molecule has 2 N–H and O–H groups in total. The Morgan fingerprint density at radius 2 is 1.25 bits per heavy atom. The van der Waals surface area contributed by atoms with Gasteiger partial charge in [-0.1, -0.05) is 61.5 Å². The van der Waals surface area contributed by atoms with Crippen LogP contribution in [-0.4, -0.2) is 44.6 Å². The molecule has 2 unspecified atom stereocenters. The van der Waals surface area contributed by atoms with Gasteiger partial charge in [0.1, 0.15) is 17.1 Å². The molecule has 0 fully saturated rings. The third-order valence-corrected chi connectivity index (χ3v) is 5.70. The number of hydrogen-bond donors (Lipinski definition) is 2. The van der Waals surface area contributed by atoms with E-state index in [0.717, 1.165) is 34.7 Å². The van der Waals surface area contributed by atoms with Crippen molar-refractivity contribution >= 4 is 0 Å². The zero-order valence-electron chi connectivity index (χ0n) is 19.2. The van der Waals surface area contributed by atoms with Gasteiger partial charge in [0, 0.05) is 0 Å². The molecule has 0 saturated heterocycles. The molecule has 3 aromatic rings. The second-order valence-corrected chi connectivity index (χ2v) is 7.72. The third kappa shape index (κ3) is 5.13. The van der Waals surface area contributed by atoms with Crippen LogP contribution in [0.15, 0.2) is 78.9 Å². The van der Waals surface area contributed by atoms with E-state index in [2.05, 4.69) is 17.4 Å². The zero-order chi connectivity index (χ0) is 23.0. The van der Waals surface area contributed by atoms with Crippen LogP contribution in [0.3, 0.4) is 0 Å². The SMILES string of the molecule is CCNC(COC(c1ccccc1)(c1ccc(OC)cc1)c1ccc(OC)cc1)C(C)O. The Balaban J connectivity index is 2.18. The average molecular weight is 436 g/mol. The topological polar surface area (TPSA) is 60.0 Å². The molecule has 0 aliphatic carbocycles. The second-order valence-electron chi connectivity index (χ2n) is 7.72. The summed E-state index contributed by atoms with van der Waals surface area (Å²) in [5, 5.41) is 13.6. The molecule has 0 amide bonds. The largest absolute Gasteiger partial charge is 0.497 e. The Labute approximate surface area is 191 Å². The molecule has 3 aromatic carbocycles. The molecule has 0 bridgehead atoms.